The lowest BCUT2D eigenvalue weighted by Crippen LogP contribution is -2.44. The predicted molar refractivity (Wildman–Crippen MR) is 54.6 cm³/mol. The van der Waals surface area contributed by atoms with Crippen LogP contribution < -0.4 is 5.73 Å². The highest BCUT2D eigenvalue weighted by Gasteiger charge is 2.31. The van der Waals surface area contributed by atoms with Crippen molar-refractivity contribution < 1.29 is 4.74 Å². The van der Waals surface area contributed by atoms with Gasteiger partial charge in [-0.15, -0.1) is 0 Å². The SMILES string of the molecule is CCCOC1(CN)CCSCC1. The number of rotatable bonds is 4. The Morgan fingerprint density at radius 2 is 2.08 bits per heavy atom. The Balaban J connectivity index is 2.37. The lowest BCUT2D eigenvalue weighted by atomic mass is 9.97. The van der Waals surface area contributed by atoms with Crippen molar-refractivity contribution in [1.29, 1.82) is 0 Å². The van der Waals surface area contributed by atoms with E-state index in [1.807, 2.05) is 11.8 Å². The van der Waals surface area contributed by atoms with Crippen molar-refractivity contribution in [3.8, 4) is 0 Å². The minimum absolute atomic E-state index is 0.0290. The van der Waals surface area contributed by atoms with E-state index in [9.17, 15) is 0 Å². The molecule has 0 unspecified atom stereocenters. The van der Waals surface area contributed by atoms with Crippen molar-refractivity contribution in [2.45, 2.75) is 31.8 Å². The lowest BCUT2D eigenvalue weighted by Gasteiger charge is -2.35. The van der Waals surface area contributed by atoms with E-state index in [4.69, 9.17) is 10.5 Å². The summed E-state index contributed by atoms with van der Waals surface area (Å²) in [5, 5.41) is 0. The van der Waals surface area contributed by atoms with E-state index in [0.29, 0.717) is 6.54 Å². The first-order valence-electron chi connectivity index (χ1n) is 4.75. The van der Waals surface area contributed by atoms with Crippen LogP contribution in [0, 0.1) is 0 Å². The quantitative estimate of drug-likeness (QED) is 0.730. The van der Waals surface area contributed by atoms with Gasteiger partial charge in [0, 0.05) is 13.2 Å². The topological polar surface area (TPSA) is 35.2 Å². The number of nitrogens with two attached hydrogens (primary N) is 1. The Morgan fingerprint density at radius 3 is 2.58 bits per heavy atom. The molecule has 0 saturated carbocycles. The summed E-state index contributed by atoms with van der Waals surface area (Å²) in [5.41, 5.74) is 5.77. The normalized spacial score (nSPS) is 22.5. The first-order chi connectivity index (χ1) is 5.83. The second kappa shape index (κ2) is 5.10. The Kier molecular flexibility index (Phi) is 4.40. The summed E-state index contributed by atoms with van der Waals surface area (Å²) in [6, 6.07) is 0. The maximum atomic E-state index is 5.83. The third-order valence-electron chi connectivity index (χ3n) is 2.39. The van der Waals surface area contributed by atoms with Gasteiger partial charge in [0.25, 0.3) is 0 Å². The van der Waals surface area contributed by atoms with Gasteiger partial charge >= 0.3 is 0 Å². The highest BCUT2D eigenvalue weighted by atomic mass is 32.2. The molecule has 3 heteroatoms. The molecule has 0 spiro atoms. The van der Waals surface area contributed by atoms with Gasteiger partial charge in [-0.1, -0.05) is 6.92 Å². The highest BCUT2D eigenvalue weighted by molar-refractivity contribution is 7.99. The zero-order valence-electron chi connectivity index (χ0n) is 7.84. The van der Waals surface area contributed by atoms with Crippen LogP contribution in [0.2, 0.25) is 0 Å². The van der Waals surface area contributed by atoms with Gasteiger partial charge in [-0.3, -0.25) is 0 Å². The molecule has 2 nitrogen and oxygen atoms in total. The van der Waals surface area contributed by atoms with E-state index >= 15 is 0 Å². The third kappa shape index (κ3) is 2.64. The summed E-state index contributed by atoms with van der Waals surface area (Å²) < 4.78 is 5.83. The molecule has 1 aliphatic rings. The van der Waals surface area contributed by atoms with Gasteiger partial charge in [-0.2, -0.15) is 11.8 Å². The third-order valence-corrected chi connectivity index (χ3v) is 3.37. The van der Waals surface area contributed by atoms with E-state index in [1.54, 1.807) is 0 Å². The molecule has 0 aromatic carbocycles. The largest absolute Gasteiger partial charge is 0.374 e. The monoisotopic (exact) mass is 189 g/mol. The first-order valence-corrected chi connectivity index (χ1v) is 5.90. The van der Waals surface area contributed by atoms with Crippen LogP contribution in [0.15, 0.2) is 0 Å². The number of thioether (sulfide) groups is 1. The fraction of sp³-hybridized carbons (Fsp3) is 1.00. The van der Waals surface area contributed by atoms with Gasteiger partial charge in [0.05, 0.1) is 5.60 Å². The van der Waals surface area contributed by atoms with Crippen molar-refractivity contribution in [1.82, 2.24) is 0 Å². The molecule has 12 heavy (non-hydrogen) atoms. The van der Waals surface area contributed by atoms with Crippen LogP contribution in [-0.4, -0.2) is 30.3 Å². The van der Waals surface area contributed by atoms with Crippen LogP contribution in [0.4, 0.5) is 0 Å². The standard InChI is InChI=1S/C9H19NOS/c1-2-5-11-9(8-10)3-6-12-7-4-9/h2-8,10H2,1H3. The van der Waals surface area contributed by atoms with Crippen molar-refractivity contribution in [3.05, 3.63) is 0 Å². The first kappa shape index (κ1) is 10.4. The van der Waals surface area contributed by atoms with Crippen LogP contribution in [0.25, 0.3) is 0 Å². The highest BCUT2D eigenvalue weighted by Crippen LogP contribution is 2.29. The molecule has 0 aromatic heterocycles. The number of hydrogen-bond donors (Lipinski definition) is 1. The molecule has 0 atom stereocenters. The average Bonchev–Trinajstić information content (AvgIpc) is 2.16. The summed E-state index contributed by atoms with van der Waals surface area (Å²) in [6.45, 7) is 3.69. The van der Waals surface area contributed by atoms with Crippen LogP contribution in [0.1, 0.15) is 26.2 Å². The summed E-state index contributed by atoms with van der Waals surface area (Å²) in [7, 11) is 0. The van der Waals surface area contributed by atoms with Crippen molar-refractivity contribution in [2.75, 3.05) is 24.7 Å². The van der Waals surface area contributed by atoms with Gasteiger partial charge in [0.15, 0.2) is 0 Å². The maximum Gasteiger partial charge on any atom is 0.0819 e. The summed E-state index contributed by atoms with van der Waals surface area (Å²) >= 11 is 2.01. The van der Waals surface area contributed by atoms with Crippen LogP contribution in [0.3, 0.4) is 0 Å². The van der Waals surface area contributed by atoms with Crippen LogP contribution >= 0.6 is 11.8 Å². The second-order valence-corrected chi connectivity index (χ2v) is 4.57. The molecule has 1 rings (SSSR count). The van der Waals surface area contributed by atoms with E-state index in [1.165, 1.54) is 11.5 Å². The Morgan fingerprint density at radius 1 is 1.42 bits per heavy atom. The molecule has 1 aliphatic heterocycles. The molecule has 1 fully saturated rings. The second-order valence-electron chi connectivity index (χ2n) is 3.35. The van der Waals surface area contributed by atoms with E-state index in [2.05, 4.69) is 6.92 Å². The molecule has 0 radical (unpaired) electrons. The molecule has 0 amide bonds. The summed E-state index contributed by atoms with van der Waals surface area (Å²) in [5.74, 6) is 2.42. The Labute approximate surface area is 79.2 Å². The van der Waals surface area contributed by atoms with E-state index in [0.717, 1.165) is 25.9 Å². The molecule has 0 aliphatic carbocycles. The van der Waals surface area contributed by atoms with Gasteiger partial charge in [-0.05, 0) is 30.8 Å². The van der Waals surface area contributed by atoms with Gasteiger partial charge in [-0.25, -0.2) is 0 Å². The molecule has 0 aromatic rings. The van der Waals surface area contributed by atoms with Gasteiger partial charge in [0.2, 0.25) is 0 Å². The van der Waals surface area contributed by atoms with Crippen molar-refractivity contribution in [3.63, 3.8) is 0 Å². The molecule has 0 bridgehead atoms. The smallest absolute Gasteiger partial charge is 0.0819 e. The van der Waals surface area contributed by atoms with Crippen molar-refractivity contribution in [2.24, 2.45) is 5.73 Å². The Hall–Kier alpha value is 0.270. The number of hydrogen-bond acceptors (Lipinski definition) is 3. The minimum Gasteiger partial charge on any atom is -0.374 e. The average molecular weight is 189 g/mol. The molecule has 1 heterocycles. The zero-order valence-corrected chi connectivity index (χ0v) is 8.66. The molecular formula is C9H19NOS. The van der Waals surface area contributed by atoms with E-state index < -0.39 is 0 Å². The molecule has 1 saturated heterocycles. The number of ether oxygens (including phenoxy) is 1. The fourth-order valence-corrected chi connectivity index (χ4v) is 2.71. The summed E-state index contributed by atoms with van der Waals surface area (Å²) in [6.07, 6.45) is 3.36. The molecule has 72 valence electrons. The fourth-order valence-electron chi connectivity index (χ4n) is 1.47. The zero-order chi connectivity index (χ0) is 8.86. The molecular weight excluding hydrogens is 170 g/mol. The van der Waals surface area contributed by atoms with Crippen molar-refractivity contribution >= 4 is 11.8 Å². The van der Waals surface area contributed by atoms with Gasteiger partial charge < -0.3 is 10.5 Å². The maximum absolute atomic E-state index is 5.83. The van der Waals surface area contributed by atoms with Crippen LogP contribution in [-0.2, 0) is 4.74 Å². The lowest BCUT2D eigenvalue weighted by molar-refractivity contribution is -0.0441. The minimum atomic E-state index is 0.0290. The van der Waals surface area contributed by atoms with Crippen LogP contribution in [0.5, 0.6) is 0 Å². The Bertz CT molecular complexity index is 124. The summed E-state index contributed by atoms with van der Waals surface area (Å²) in [4.78, 5) is 0. The van der Waals surface area contributed by atoms with E-state index in [-0.39, 0.29) is 5.60 Å². The van der Waals surface area contributed by atoms with Gasteiger partial charge in [0.1, 0.15) is 0 Å². The molecule has 2 N–H and O–H groups in total. The predicted octanol–water partition coefficient (Wildman–Crippen LogP) is 1.64.